The molecule has 0 atom stereocenters. The molecule has 3 aromatic rings. The van der Waals surface area contributed by atoms with Gasteiger partial charge >= 0.3 is 0 Å². The topological polar surface area (TPSA) is 102 Å². The van der Waals surface area contributed by atoms with Gasteiger partial charge in [0.15, 0.2) is 17.3 Å². The van der Waals surface area contributed by atoms with Gasteiger partial charge in [0, 0.05) is 11.1 Å². The molecule has 1 aliphatic heterocycles. The van der Waals surface area contributed by atoms with E-state index in [1.54, 1.807) is 12.1 Å². The first kappa shape index (κ1) is 14.4. The molecule has 0 saturated carbocycles. The Hall–Kier alpha value is -3.22. The molecule has 7 nitrogen and oxygen atoms in total. The summed E-state index contributed by atoms with van der Waals surface area (Å²) >= 11 is 0. The summed E-state index contributed by atoms with van der Waals surface area (Å²) in [6.07, 6.45) is 0.216. The molecule has 4 rings (SSSR count). The fraction of sp³-hybridized carbons (Fsp3) is 0.176. The lowest BCUT2D eigenvalue weighted by Crippen LogP contribution is -2.17. The lowest BCUT2D eigenvalue weighted by atomic mass is 10.1. The van der Waals surface area contributed by atoms with Gasteiger partial charge in [-0.25, -0.2) is 0 Å². The predicted octanol–water partition coefficient (Wildman–Crippen LogP) is 2.10. The van der Waals surface area contributed by atoms with E-state index < -0.39 is 0 Å². The molecule has 1 amide bonds. The van der Waals surface area contributed by atoms with Crippen LogP contribution in [-0.4, -0.2) is 29.3 Å². The van der Waals surface area contributed by atoms with Gasteiger partial charge in [0.1, 0.15) is 13.2 Å². The van der Waals surface area contributed by atoms with E-state index in [1.807, 2.05) is 24.3 Å². The molecule has 0 unspecified atom stereocenters. The standard InChI is InChI=1S/C17H16N4O3/c18-11-2-3-13-12(9-11)17(21-20-13)19-16(22)8-10-1-4-14-15(7-10)24-6-5-23-14/h1-4,7,9H,5-6,8,18H2,(H2,19,20,21,22). The largest absolute Gasteiger partial charge is 0.486 e. The number of aromatic amines is 1. The average molecular weight is 324 g/mol. The van der Waals surface area contributed by atoms with Crippen LogP contribution >= 0.6 is 0 Å². The number of nitrogens with two attached hydrogens (primary N) is 1. The minimum absolute atomic E-state index is 0.164. The van der Waals surface area contributed by atoms with Gasteiger partial charge in [-0.1, -0.05) is 6.07 Å². The maximum Gasteiger partial charge on any atom is 0.230 e. The van der Waals surface area contributed by atoms with Crippen LogP contribution in [0, 0.1) is 0 Å². The highest BCUT2D eigenvalue weighted by atomic mass is 16.6. The maximum atomic E-state index is 12.3. The third kappa shape index (κ3) is 2.71. The number of amides is 1. The molecule has 0 saturated heterocycles. The van der Waals surface area contributed by atoms with E-state index in [9.17, 15) is 4.79 Å². The SMILES string of the molecule is Nc1ccc2[nH]nc(NC(=O)Cc3ccc4c(c3)OCCO4)c2c1. The Morgan fingerprint density at radius 3 is 2.88 bits per heavy atom. The first-order valence-electron chi connectivity index (χ1n) is 7.61. The molecule has 0 radical (unpaired) electrons. The minimum Gasteiger partial charge on any atom is -0.486 e. The van der Waals surface area contributed by atoms with Crippen molar-refractivity contribution in [2.45, 2.75) is 6.42 Å². The van der Waals surface area contributed by atoms with Gasteiger partial charge in [-0.05, 0) is 35.9 Å². The summed E-state index contributed by atoms with van der Waals surface area (Å²) in [5.74, 6) is 1.69. The van der Waals surface area contributed by atoms with Crippen molar-refractivity contribution in [3.8, 4) is 11.5 Å². The van der Waals surface area contributed by atoms with E-state index in [0.29, 0.717) is 36.2 Å². The number of H-pyrrole nitrogens is 1. The molecular formula is C17H16N4O3. The number of hydrogen-bond donors (Lipinski definition) is 3. The highest BCUT2D eigenvalue weighted by Crippen LogP contribution is 2.31. The quantitative estimate of drug-likeness (QED) is 0.640. The molecule has 0 fully saturated rings. The van der Waals surface area contributed by atoms with Crippen LogP contribution in [0.25, 0.3) is 10.9 Å². The summed E-state index contributed by atoms with van der Waals surface area (Å²) in [6.45, 7) is 1.06. The van der Waals surface area contributed by atoms with Crippen molar-refractivity contribution < 1.29 is 14.3 Å². The zero-order valence-corrected chi connectivity index (χ0v) is 12.8. The van der Waals surface area contributed by atoms with E-state index in [1.165, 1.54) is 0 Å². The van der Waals surface area contributed by atoms with E-state index in [0.717, 1.165) is 16.5 Å². The number of ether oxygens (including phenoxy) is 2. The molecule has 0 bridgehead atoms. The Kier molecular flexibility index (Phi) is 3.45. The number of nitrogens with zero attached hydrogens (tertiary/aromatic N) is 1. The van der Waals surface area contributed by atoms with Crippen LogP contribution < -0.4 is 20.5 Å². The Labute approximate surface area is 137 Å². The number of rotatable bonds is 3. The maximum absolute atomic E-state index is 12.3. The third-order valence-corrected chi connectivity index (χ3v) is 3.82. The number of nitrogen functional groups attached to an aromatic ring is 1. The number of carbonyl (C=O) groups excluding carboxylic acids is 1. The van der Waals surface area contributed by atoms with Crippen molar-refractivity contribution in [2.75, 3.05) is 24.3 Å². The summed E-state index contributed by atoms with van der Waals surface area (Å²) in [4.78, 5) is 12.3. The molecule has 1 aromatic heterocycles. The Morgan fingerprint density at radius 2 is 2.00 bits per heavy atom. The molecule has 1 aliphatic rings. The fourth-order valence-corrected chi connectivity index (χ4v) is 2.69. The van der Waals surface area contributed by atoms with Crippen LogP contribution in [-0.2, 0) is 11.2 Å². The molecule has 4 N–H and O–H groups in total. The molecule has 0 spiro atoms. The molecule has 24 heavy (non-hydrogen) atoms. The zero-order chi connectivity index (χ0) is 16.5. The van der Waals surface area contributed by atoms with Crippen molar-refractivity contribution in [2.24, 2.45) is 0 Å². The van der Waals surface area contributed by atoms with Crippen LogP contribution in [0.15, 0.2) is 36.4 Å². The number of anilines is 2. The predicted molar refractivity (Wildman–Crippen MR) is 90.3 cm³/mol. The zero-order valence-electron chi connectivity index (χ0n) is 12.8. The summed E-state index contributed by atoms with van der Waals surface area (Å²) < 4.78 is 11.0. The molecule has 2 aromatic carbocycles. The Morgan fingerprint density at radius 1 is 1.17 bits per heavy atom. The van der Waals surface area contributed by atoms with Gasteiger partial charge in [0.2, 0.25) is 5.91 Å². The number of fused-ring (bicyclic) bond motifs is 2. The number of carbonyl (C=O) groups is 1. The van der Waals surface area contributed by atoms with Crippen molar-refractivity contribution in [1.29, 1.82) is 0 Å². The Bertz CT molecular complexity index is 919. The van der Waals surface area contributed by atoms with Crippen molar-refractivity contribution in [3.63, 3.8) is 0 Å². The lowest BCUT2D eigenvalue weighted by Gasteiger charge is -2.18. The summed E-state index contributed by atoms with van der Waals surface area (Å²) in [6, 6.07) is 10.9. The first-order valence-corrected chi connectivity index (χ1v) is 7.61. The first-order chi connectivity index (χ1) is 11.7. The van der Waals surface area contributed by atoms with Gasteiger partial charge in [-0.15, -0.1) is 0 Å². The second-order valence-electron chi connectivity index (χ2n) is 5.58. The van der Waals surface area contributed by atoms with Gasteiger partial charge in [-0.3, -0.25) is 9.89 Å². The summed E-state index contributed by atoms with van der Waals surface area (Å²) in [7, 11) is 0. The smallest absolute Gasteiger partial charge is 0.230 e. The number of nitrogens with one attached hydrogen (secondary N) is 2. The monoisotopic (exact) mass is 324 g/mol. The van der Waals surface area contributed by atoms with Crippen molar-refractivity contribution in [1.82, 2.24) is 10.2 Å². The second-order valence-corrected chi connectivity index (χ2v) is 5.58. The van der Waals surface area contributed by atoms with Gasteiger partial charge < -0.3 is 20.5 Å². The average Bonchev–Trinajstić information content (AvgIpc) is 2.97. The number of hydrogen-bond acceptors (Lipinski definition) is 5. The fourth-order valence-electron chi connectivity index (χ4n) is 2.69. The van der Waals surface area contributed by atoms with Crippen molar-refractivity contribution in [3.05, 3.63) is 42.0 Å². The van der Waals surface area contributed by atoms with Crippen LogP contribution in [0.5, 0.6) is 11.5 Å². The molecule has 122 valence electrons. The van der Waals surface area contributed by atoms with Gasteiger partial charge in [-0.2, -0.15) is 5.10 Å². The van der Waals surface area contributed by atoms with Crippen LogP contribution in [0.4, 0.5) is 11.5 Å². The lowest BCUT2D eigenvalue weighted by molar-refractivity contribution is -0.115. The molecule has 0 aliphatic carbocycles. The van der Waals surface area contributed by atoms with Crippen molar-refractivity contribution >= 4 is 28.3 Å². The van der Waals surface area contributed by atoms with Crippen LogP contribution in [0.2, 0.25) is 0 Å². The van der Waals surface area contributed by atoms with Gasteiger partial charge in [0.25, 0.3) is 0 Å². The molecular weight excluding hydrogens is 308 g/mol. The summed E-state index contributed by atoms with van der Waals surface area (Å²) in [5.41, 5.74) is 8.07. The van der Waals surface area contributed by atoms with E-state index in [-0.39, 0.29) is 12.3 Å². The van der Waals surface area contributed by atoms with Crippen LogP contribution in [0.1, 0.15) is 5.56 Å². The van der Waals surface area contributed by atoms with E-state index >= 15 is 0 Å². The van der Waals surface area contributed by atoms with E-state index in [2.05, 4.69) is 15.5 Å². The minimum atomic E-state index is -0.164. The van der Waals surface area contributed by atoms with E-state index in [4.69, 9.17) is 15.2 Å². The molecule has 2 heterocycles. The van der Waals surface area contributed by atoms with Gasteiger partial charge in [0.05, 0.1) is 11.9 Å². The second kappa shape index (κ2) is 5.77. The normalized spacial score (nSPS) is 13.0. The summed E-state index contributed by atoms with van der Waals surface area (Å²) in [5, 5.41) is 10.6. The molecule has 7 heteroatoms. The van der Waals surface area contributed by atoms with Crippen LogP contribution in [0.3, 0.4) is 0 Å². The third-order valence-electron chi connectivity index (χ3n) is 3.82. The highest BCUT2D eigenvalue weighted by Gasteiger charge is 2.14. The number of aromatic nitrogens is 2. The number of benzene rings is 2. The Balaban J connectivity index is 1.51. The highest BCUT2D eigenvalue weighted by molar-refractivity contribution is 6.01.